The number of nitrogens with one attached hydrogen (secondary N) is 1. The summed E-state index contributed by atoms with van der Waals surface area (Å²) in [5.41, 5.74) is 2.49. The molecule has 0 bridgehead atoms. The summed E-state index contributed by atoms with van der Waals surface area (Å²) in [6.07, 6.45) is -1.28. The molecule has 9 heteroatoms. The van der Waals surface area contributed by atoms with Crippen molar-refractivity contribution in [1.29, 1.82) is 0 Å². The number of phenols is 1. The van der Waals surface area contributed by atoms with Crippen molar-refractivity contribution in [2.45, 2.75) is 57.0 Å². The number of H-pyrrole nitrogens is 1. The fourth-order valence-electron chi connectivity index (χ4n) is 5.33. The van der Waals surface area contributed by atoms with E-state index in [1.54, 1.807) is 30.2 Å². The highest BCUT2D eigenvalue weighted by atomic mass is 19.4. The molecule has 1 unspecified atom stereocenters. The minimum atomic E-state index is -4.46. The number of amides is 1. The second kappa shape index (κ2) is 8.71. The van der Waals surface area contributed by atoms with E-state index in [0.717, 1.165) is 43.4 Å². The predicted molar refractivity (Wildman–Crippen MR) is 123 cm³/mol. The van der Waals surface area contributed by atoms with Crippen molar-refractivity contribution in [3.63, 3.8) is 0 Å². The van der Waals surface area contributed by atoms with Crippen LogP contribution < -0.4 is 0 Å². The van der Waals surface area contributed by atoms with Gasteiger partial charge < -0.3 is 14.7 Å². The lowest BCUT2D eigenvalue weighted by atomic mass is 9.89. The molecule has 1 aliphatic heterocycles. The summed E-state index contributed by atoms with van der Waals surface area (Å²) in [5, 5.41) is 17.8. The van der Waals surface area contributed by atoms with Gasteiger partial charge in [-0.1, -0.05) is 23.8 Å². The van der Waals surface area contributed by atoms with E-state index in [4.69, 9.17) is 4.74 Å². The van der Waals surface area contributed by atoms with Crippen molar-refractivity contribution < 1.29 is 27.8 Å². The molecule has 184 valence electrons. The van der Waals surface area contributed by atoms with Crippen LogP contribution in [0.25, 0.3) is 11.3 Å². The first-order valence-electron chi connectivity index (χ1n) is 11.6. The third-order valence-corrected chi connectivity index (χ3v) is 7.14. The summed E-state index contributed by atoms with van der Waals surface area (Å²) >= 11 is 0. The highest BCUT2D eigenvalue weighted by molar-refractivity contribution is 6.00. The lowest BCUT2D eigenvalue weighted by Gasteiger charge is -2.38. The molecule has 0 spiro atoms. The number of alkyl halides is 3. The molecule has 1 amide bonds. The van der Waals surface area contributed by atoms with Crippen molar-refractivity contribution in [3.8, 4) is 17.0 Å². The third-order valence-electron chi connectivity index (χ3n) is 7.14. The van der Waals surface area contributed by atoms with Crippen LogP contribution in [0.1, 0.15) is 64.5 Å². The molecule has 1 atom stereocenters. The number of carbonyl (C=O) groups excluding carboxylic acids is 1. The minimum absolute atomic E-state index is 0.0163. The van der Waals surface area contributed by atoms with Gasteiger partial charge in [0.2, 0.25) is 0 Å². The number of benzene rings is 2. The molecule has 1 fully saturated rings. The van der Waals surface area contributed by atoms with Gasteiger partial charge in [-0.3, -0.25) is 9.89 Å². The van der Waals surface area contributed by atoms with Crippen LogP contribution in [0.15, 0.2) is 42.5 Å². The molecular formula is C26H26F3N3O3. The number of fused-ring (bicyclic) bond motifs is 1. The average Bonchev–Trinajstić information content (AvgIpc) is 3.39. The van der Waals surface area contributed by atoms with Gasteiger partial charge >= 0.3 is 6.18 Å². The van der Waals surface area contributed by atoms with E-state index in [9.17, 15) is 23.1 Å². The van der Waals surface area contributed by atoms with Gasteiger partial charge in [-0.15, -0.1) is 0 Å². The van der Waals surface area contributed by atoms with Crippen LogP contribution in [0.5, 0.6) is 5.75 Å². The Labute approximate surface area is 200 Å². The van der Waals surface area contributed by atoms with Crippen LogP contribution >= 0.6 is 0 Å². The normalized spacial score (nSPS) is 22.5. The number of aryl methyl sites for hydroxylation is 1. The number of methoxy groups -OCH3 is 1. The third kappa shape index (κ3) is 4.07. The van der Waals surface area contributed by atoms with Gasteiger partial charge in [0.15, 0.2) is 0 Å². The van der Waals surface area contributed by atoms with Crippen LogP contribution in [-0.4, -0.2) is 45.4 Å². The lowest BCUT2D eigenvalue weighted by molar-refractivity contribution is -0.137. The molecule has 5 rings (SSSR count). The van der Waals surface area contributed by atoms with Gasteiger partial charge in [-0.05, 0) is 62.4 Å². The molecule has 2 heterocycles. The predicted octanol–water partition coefficient (Wildman–Crippen LogP) is 5.61. The summed E-state index contributed by atoms with van der Waals surface area (Å²) < 4.78 is 45.2. The molecule has 6 nitrogen and oxygen atoms in total. The molecule has 1 aliphatic carbocycles. The van der Waals surface area contributed by atoms with Crippen LogP contribution in [0.4, 0.5) is 13.2 Å². The Kier molecular flexibility index (Phi) is 5.83. The quantitative estimate of drug-likeness (QED) is 0.503. The summed E-state index contributed by atoms with van der Waals surface area (Å²) in [7, 11) is 1.67. The first-order valence-corrected chi connectivity index (χ1v) is 11.6. The molecule has 2 N–H and O–H groups in total. The van der Waals surface area contributed by atoms with E-state index in [1.165, 1.54) is 12.1 Å². The molecule has 2 aromatic carbocycles. The van der Waals surface area contributed by atoms with E-state index in [2.05, 4.69) is 10.2 Å². The standard InChI is InChI=1S/C26H26F3N3O3/c1-14-3-12-20(33)19(13-14)22-21-23(31-30-22)25(34)32(17-8-10-18(35-2)11-9-17)24(21)15-4-6-16(7-5-15)26(27,28)29/h3-7,12-13,17-18,24,33H,8-11H2,1-2H3,(H,30,31). The van der Waals surface area contributed by atoms with Crippen LogP contribution in [0.3, 0.4) is 0 Å². The Morgan fingerprint density at radius 2 is 1.77 bits per heavy atom. The van der Waals surface area contributed by atoms with E-state index < -0.39 is 17.8 Å². The molecule has 1 saturated carbocycles. The van der Waals surface area contributed by atoms with Crippen molar-refractivity contribution in [2.24, 2.45) is 0 Å². The highest BCUT2D eigenvalue weighted by Gasteiger charge is 2.46. The van der Waals surface area contributed by atoms with Gasteiger partial charge in [-0.2, -0.15) is 18.3 Å². The monoisotopic (exact) mass is 485 g/mol. The number of nitrogens with zero attached hydrogens (tertiary/aromatic N) is 2. The van der Waals surface area contributed by atoms with Crippen molar-refractivity contribution in [1.82, 2.24) is 15.1 Å². The number of carbonyl (C=O) groups is 1. The number of aromatic amines is 1. The minimum Gasteiger partial charge on any atom is -0.507 e. The summed E-state index contributed by atoms with van der Waals surface area (Å²) in [6.45, 7) is 1.88. The molecule has 3 aromatic rings. The summed E-state index contributed by atoms with van der Waals surface area (Å²) in [6, 6.07) is 9.34. The molecule has 2 aliphatic rings. The van der Waals surface area contributed by atoms with Gasteiger partial charge in [0.05, 0.1) is 17.7 Å². The number of halogens is 3. The van der Waals surface area contributed by atoms with Gasteiger partial charge in [-0.25, -0.2) is 0 Å². The van der Waals surface area contributed by atoms with E-state index in [1.807, 2.05) is 6.92 Å². The maximum Gasteiger partial charge on any atom is 0.416 e. The fourth-order valence-corrected chi connectivity index (χ4v) is 5.33. The maximum absolute atomic E-state index is 13.6. The number of ether oxygens (including phenoxy) is 1. The topological polar surface area (TPSA) is 78.5 Å². The first-order chi connectivity index (χ1) is 16.7. The molecule has 1 aromatic heterocycles. The van der Waals surface area contributed by atoms with Crippen molar-refractivity contribution in [3.05, 3.63) is 70.4 Å². The van der Waals surface area contributed by atoms with Crippen LogP contribution in [-0.2, 0) is 10.9 Å². The Morgan fingerprint density at radius 1 is 1.09 bits per heavy atom. The van der Waals surface area contributed by atoms with Gasteiger partial charge in [0.25, 0.3) is 5.91 Å². The maximum atomic E-state index is 13.6. The number of rotatable bonds is 4. The first kappa shape index (κ1) is 23.4. The SMILES string of the molecule is COC1CCC(N2C(=O)c3[nH]nc(-c4cc(C)ccc4O)c3C2c2ccc(C(F)(F)F)cc2)CC1. The van der Waals surface area contributed by atoms with E-state index in [-0.39, 0.29) is 23.8 Å². The fraction of sp³-hybridized carbons (Fsp3) is 0.385. The van der Waals surface area contributed by atoms with Gasteiger partial charge in [0.1, 0.15) is 17.1 Å². The second-order valence-corrected chi connectivity index (χ2v) is 9.28. The smallest absolute Gasteiger partial charge is 0.416 e. The molecule has 0 radical (unpaired) electrons. The highest BCUT2D eigenvalue weighted by Crippen LogP contribution is 2.47. The Bertz CT molecular complexity index is 1240. The lowest BCUT2D eigenvalue weighted by Crippen LogP contribution is -2.42. The number of aromatic hydroxyl groups is 1. The number of hydrogen-bond acceptors (Lipinski definition) is 4. The summed E-state index contributed by atoms with van der Waals surface area (Å²) in [4.78, 5) is 15.4. The van der Waals surface area contributed by atoms with E-state index >= 15 is 0 Å². The summed E-state index contributed by atoms with van der Waals surface area (Å²) in [5.74, 6) is -0.223. The Morgan fingerprint density at radius 3 is 2.40 bits per heavy atom. The van der Waals surface area contributed by atoms with Crippen LogP contribution in [0.2, 0.25) is 0 Å². The second-order valence-electron chi connectivity index (χ2n) is 9.28. The Hall–Kier alpha value is -3.33. The number of aromatic nitrogens is 2. The van der Waals surface area contributed by atoms with E-state index in [0.29, 0.717) is 28.1 Å². The molecular weight excluding hydrogens is 459 g/mol. The average molecular weight is 486 g/mol. The zero-order valence-electron chi connectivity index (χ0n) is 19.4. The zero-order valence-corrected chi connectivity index (χ0v) is 19.4. The van der Waals surface area contributed by atoms with Crippen molar-refractivity contribution in [2.75, 3.05) is 7.11 Å². The van der Waals surface area contributed by atoms with Crippen LogP contribution in [0, 0.1) is 6.92 Å². The van der Waals surface area contributed by atoms with Crippen molar-refractivity contribution >= 4 is 5.91 Å². The number of hydrogen-bond donors (Lipinski definition) is 2. The zero-order chi connectivity index (χ0) is 24.9. The van der Waals surface area contributed by atoms with Gasteiger partial charge in [0, 0.05) is 24.3 Å². The Balaban J connectivity index is 1.63. The molecule has 0 saturated heterocycles. The number of phenolic OH excluding ortho intramolecular Hbond substituents is 1. The largest absolute Gasteiger partial charge is 0.507 e. The molecule has 35 heavy (non-hydrogen) atoms.